The molecular formula is C22H24N2O8. The molecule has 170 valence electrons. The Labute approximate surface area is 182 Å². The Hall–Kier alpha value is -3.21. The van der Waals surface area contributed by atoms with Gasteiger partial charge in [0.15, 0.2) is 11.4 Å². The molecule has 4 rings (SSSR count). The predicted octanol–water partition coefficient (Wildman–Crippen LogP) is -0.348. The SMILES string of the molecule is CC1c2cccc(O)c2C(=O)C2=C(O)C3(O)C(=O)C(C(N)=O)=C(O)[C@@H](N(C)C)C3C(O)C21. The third kappa shape index (κ3) is 2.48. The number of ketones is 2. The molecule has 5 unspecified atom stereocenters. The highest BCUT2D eigenvalue weighted by molar-refractivity contribution is 6.25. The molecule has 10 heteroatoms. The summed E-state index contributed by atoms with van der Waals surface area (Å²) in [5.41, 5.74) is 1.36. The van der Waals surface area contributed by atoms with Crippen LogP contribution >= 0.6 is 0 Å². The molecule has 1 amide bonds. The van der Waals surface area contributed by atoms with E-state index in [1.807, 2.05) is 0 Å². The second kappa shape index (κ2) is 6.89. The molecule has 7 N–H and O–H groups in total. The zero-order valence-electron chi connectivity index (χ0n) is 17.6. The van der Waals surface area contributed by atoms with Gasteiger partial charge < -0.3 is 31.3 Å². The fourth-order valence-corrected chi connectivity index (χ4v) is 5.58. The highest BCUT2D eigenvalue weighted by Gasteiger charge is 2.67. The molecule has 0 fully saturated rings. The maximum absolute atomic E-state index is 13.3. The molecule has 0 radical (unpaired) electrons. The molecule has 0 saturated heterocycles. The number of hydrogen-bond donors (Lipinski definition) is 6. The standard InChI is InChI=1S/C22H24N2O8/c1-7-8-5-4-6-9(25)11(8)16(26)12-10(7)17(27)14-15(24(2)3)18(28)13(21(23)31)20(30)22(14,32)19(12)29/h4-7,10,14-15,17,25,27-29,32H,1-3H3,(H2,23,31)/t7?,10?,14?,15-,17?,22?/m0/s1. The molecule has 0 bridgehead atoms. The first-order valence-electron chi connectivity index (χ1n) is 10.0. The lowest BCUT2D eigenvalue weighted by molar-refractivity contribution is -0.162. The molecule has 0 heterocycles. The number of amides is 1. The molecule has 0 spiro atoms. The van der Waals surface area contributed by atoms with Crippen molar-refractivity contribution in [2.75, 3.05) is 14.1 Å². The number of phenolic OH excluding ortho intramolecular Hbond substituents is 1. The number of aromatic hydroxyl groups is 1. The van der Waals surface area contributed by atoms with Crippen LogP contribution in [0.15, 0.2) is 40.9 Å². The van der Waals surface area contributed by atoms with E-state index in [4.69, 9.17) is 5.73 Å². The van der Waals surface area contributed by atoms with Gasteiger partial charge in [0.1, 0.15) is 22.8 Å². The van der Waals surface area contributed by atoms with Gasteiger partial charge in [-0.25, -0.2) is 0 Å². The second-order valence-corrected chi connectivity index (χ2v) is 8.79. The summed E-state index contributed by atoms with van der Waals surface area (Å²) in [7, 11) is 2.98. The number of primary amides is 1. The summed E-state index contributed by atoms with van der Waals surface area (Å²) < 4.78 is 0. The average molecular weight is 444 g/mol. The molecule has 1 aromatic rings. The van der Waals surface area contributed by atoms with Crippen LogP contribution in [0.1, 0.15) is 28.8 Å². The maximum Gasteiger partial charge on any atom is 0.255 e. The summed E-state index contributed by atoms with van der Waals surface area (Å²) in [5.74, 6) is -8.86. The van der Waals surface area contributed by atoms with E-state index < -0.39 is 75.6 Å². The van der Waals surface area contributed by atoms with Crippen LogP contribution in [-0.2, 0) is 9.59 Å². The summed E-state index contributed by atoms with van der Waals surface area (Å²) in [6.45, 7) is 1.68. The number of likely N-dealkylation sites (N-methyl/N-ethyl adjacent to an activating group) is 1. The third-order valence-corrected chi connectivity index (χ3v) is 7.00. The van der Waals surface area contributed by atoms with Crippen molar-refractivity contribution >= 4 is 17.5 Å². The van der Waals surface area contributed by atoms with Gasteiger partial charge in [0, 0.05) is 11.5 Å². The van der Waals surface area contributed by atoms with Crippen molar-refractivity contribution in [3.63, 3.8) is 0 Å². The number of phenols is 1. The van der Waals surface area contributed by atoms with E-state index >= 15 is 0 Å². The van der Waals surface area contributed by atoms with Crippen molar-refractivity contribution in [1.82, 2.24) is 4.90 Å². The van der Waals surface area contributed by atoms with E-state index in [2.05, 4.69) is 0 Å². The van der Waals surface area contributed by atoms with Gasteiger partial charge in [0.25, 0.3) is 5.91 Å². The predicted molar refractivity (Wildman–Crippen MR) is 110 cm³/mol. The van der Waals surface area contributed by atoms with E-state index in [1.54, 1.807) is 19.1 Å². The summed E-state index contributed by atoms with van der Waals surface area (Å²) in [6, 6.07) is 3.17. The number of carbonyl (C=O) groups is 3. The zero-order chi connectivity index (χ0) is 23.9. The lowest BCUT2D eigenvalue weighted by atomic mass is 9.55. The maximum atomic E-state index is 13.3. The average Bonchev–Trinajstić information content (AvgIpc) is 2.70. The fourth-order valence-electron chi connectivity index (χ4n) is 5.58. The first-order valence-corrected chi connectivity index (χ1v) is 10.0. The third-order valence-electron chi connectivity index (χ3n) is 7.00. The number of hydrogen-bond acceptors (Lipinski definition) is 9. The van der Waals surface area contributed by atoms with Crippen LogP contribution in [0.3, 0.4) is 0 Å². The Balaban J connectivity index is 2.06. The monoisotopic (exact) mass is 444 g/mol. The van der Waals surface area contributed by atoms with Crippen molar-refractivity contribution in [3.8, 4) is 5.75 Å². The number of benzene rings is 1. The van der Waals surface area contributed by atoms with Crippen LogP contribution in [-0.4, -0.2) is 79.7 Å². The molecule has 0 saturated carbocycles. The second-order valence-electron chi connectivity index (χ2n) is 8.79. The van der Waals surface area contributed by atoms with Gasteiger partial charge in [-0.05, 0) is 31.6 Å². The first-order chi connectivity index (χ1) is 14.9. The molecular weight excluding hydrogens is 420 g/mol. The number of Topliss-reactive ketones (excluding diaryl/α,β-unsaturated/α-hetero) is 2. The highest BCUT2D eigenvalue weighted by Crippen LogP contribution is 2.55. The summed E-state index contributed by atoms with van der Waals surface area (Å²) in [5, 5.41) is 55.0. The topological polar surface area (TPSA) is 182 Å². The molecule has 1 aromatic carbocycles. The molecule has 10 nitrogen and oxygen atoms in total. The fraction of sp³-hybridized carbons (Fsp3) is 0.409. The van der Waals surface area contributed by atoms with Gasteiger partial charge in [-0.1, -0.05) is 19.1 Å². The van der Waals surface area contributed by atoms with Gasteiger partial charge in [0.2, 0.25) is 5.78 Å². The Morgan fingerprint density at radius 3 is 2.34 bits per heavy atom. The van der Waals surface area contributed by atoms with Crippen molar-refractivity contribution in [3.05, 3.63) is 52.0 Å². The van der Waals surface area contributed by atoms with Gasteiger partial charge in [-0.3, -0.25) is 19.3 Å². The number of rotatable bonds is 2. The van der Waals surface area contributed by atoms with E-state index in [0.29, 0.717) is 5.56 Å². The minimum absolute atomic E-state index is 0.104. The van der Waals surface area contributed by atoms with E-state index in [-0.39, 0.29) is 11.3 Å². The van der Waals surface area contributed by atoms with Crippen LogP contribution < -0.4 is 5.73 Å². The molecule has 32 heavy (non-hydrogen) atoms. The van der Waals surface area contributed by atoms with E-state index in [1.165, 1.54) is 25.1 Å². The molecule has 0 aromatic heterocycles. The summed E-state index contributed by atoms with van der Waals surface area (Å²) >= 11 is 0. The van der Waals surface area contributed by atoms with E-state index in [9.17, 15) is 39.9 Å². The highest BCUT2D eigenvalue weighted by atomic mass is 16.4. The lowest BCUT2D eigenvalue weighted by Crippen LogP contribution is -2.68. The van der Waals surface area contributed by atoms with Gasteiger partial charge in [0.05, 0.1) is 23.6 Å². The van der Waals surface area contributed by atoms with Crippen molar-refractivity contribution in [1.29, 1.82) is 0 Å². The quantitative estimate of drug-likeness (QED) is 0.332. The smallest absolute Gasteiger partial charge is 0.255 e. The van der Waals surface area contributed by atoms with Crippen molar-refractivity contribution in [2.45, 2.75) is 30.6 Å². The lowest BCUT2D eigenvalue weighted by Gasteiger charge is -2.53. The van der Waals surface area contributed by atoms with Crippen LogP contribution in [0.2, 0.25) is 0 Å². The van der Waals surface area contributed by atoms with Gasteiger partial charge in [-0.2, -0.15) is 0 Å². The Morgan fingerprint density at radius 1 is 1.16 bits per heavy atom. The number of aliphatic hydroxyl groups is 4. The van der Waals surface area contributed by atoms with Crippen LogP contribution in [0.5, 0.6) is 5.75 Å². The minimum Gasteiger partial charge on any atom is -0.510 e. The van der Waals surface area contributed by atoms with Crippen molar-refractivity contribution < 1.29 is 39.9 Å². The zero-order valence-corrected chi connectivity index (χ0v) is 17.6. The Bertz CT molecular complexity index is 1140. The summed E-state index contributed by atoms with van der Waals surface area (Å²) in [6.07, 6.45) is -1.59. The molecule has 3 aliphatic rings. The molecule has 6 atom stereocenters. The minimum atomic E-state index is -2.89. The van der Waals surface area contributed by atoms with Crippen LogP contribution in [0.4, 0.5) is 0 Å². The van der Waals surface area contributed by atoms with Crippen LogP contribution in [0.25, 0.3) is 0 Å². The number of nitrogens with zero attached hydrogens (tertiary/aromatic N) is 1. The number of fused-ring (bicyclic) bond motifs is 3. The first kappa shape index (κ1) is 22.0. The number of aliphatic hydroxyl groups excluding tert-OH is 3. The number of nitrogens with two attached hydrogens (primary N) is 1. The van der Waals surface area contributed by atoms with Crippen LogP contribution in [0, 0.1) is 11.8 Å². The Morgan fingerprint density at radius 2 is 1.78 bits per heavy atom. The van der Waals surface area contributed by atoms with Crippen molar-refractivity contribution in [2.24, 2.45) is 17.6 Å². The normalized spacial score (nSPS) is 34.4. The summed E-state index contributed by atoms with van der Waals surface area (Å²) in [4.78, 5) is 39.8. The van der Waals surface area contributed by atoms with Gasteiger partial charge >= 0.3 is 0 Å². The Kier molecular flexibility index (Phi) is 4.74. The molecule has 3 aliphatic carbocycles. The number of carbonyl (C=O) groups excluding carboxylic acids is 3. The molecule has 0 aliphatic heterocycles. The van der Waals surface area contributed by atoms with E-state index in [0.717, 1.165) is 0 Å². The van der Waals surface area contributed by atoms with Gasteiger partial charge in [-0.15, -0.1) is 0 Å². The largest absolute Gasteiger partial charge is 0.510 e.